The van der Waals surface area contributed by atoms with E-state index in [1.54, 1.807) is 12.3 Å². The van der Waals surface area contributed by atoms with Gasteiger partial charge in [-0.05, 0) is 33.1 Å². The molecular formula is C11H17N5. The van der Waals surface area contributed by atoms with Crippen LogP contribution >= 0.6 is 0 Å². The Balaban J connectivity index is 2.51. The molecule has 0 fully saturated rings. The number of pyridine rings is 1. The highest BCUT2D eigenvalue weighted by atomic mass is 15.1. The van der Waals surface area contributed by atoms with E-state index in [1.165, 1.54) is 0 Å². The molecule has 0 saturated carbocycles. The molecule has 0 aliphatic heterocycles. The van der Waals surface area contributed by atoms with Gasteiger partial charge in [0.1, 0.15) is 11.9 Å². The van der Waals surface area contributed by atoms with Gasteiger partial charge in [0.2, 0.25) is 0 Å². The Labute approximate surface area is 95.9 Å². The lowest BCUT2D eigenvalue weighted by molar-refractivity contribution is 0.405. The van der Waals surface area contributed by atoms with Gasteiger partial charge in [-0.25, -0.2) is 4.98 Å². The Morgan fingerprint density at radius 1 is 1.56 bits per heavy atom. The monoisotopic (exact) mass is 219 g/mol. The van der Waals surface area contributed by atoms with Crippen molar-refractivity contribution in [1.29, 1.82) is 5.26 Å². The number of nitrogens with two attached hydrogens (primary N) is 1. The molecule has 0 aromatic carbocycles. The first kappa shape index (κ1) is 12.3. The van der Waals surface area contributed by atoms with Crippen molar-refractivity contribution in [1.82, 2.24) is 9.88 Å². The topological polar surface area (TPSA) is 78.0 Å². The van der Waals surface area contributed by atoms with Crippen LogP contribution in [0.1, 0.15) is 12.0 Å². The van der Waals surface area contributed by atoms with Crippen molar-refractivity contribution >= 4 is 11.5 Å². The van der Waals surface area contributed by atoms with Crippen LogP contribution in [0.4, 0.5) is 11.5 Å². The average molecular weight is 219 g/mol. The van der Waals surface area contributed by atoms with E-state index in [-0.39, 0.29) is 0 Å². The van der Waals surface area contributed by atoms with Gasteiger partial charge in [0.15, 0.2) is 0 Å². The van der Waals surface area contributed by atoms with Gasteiger partial charge in [-0.1, -0.05) is 0 Å². The van der Waals surface area contributed by atoms with Crippen LogP contribution in [0.25, 0.3) is 0 Å². The summed E-state index contributed by atoms with van der Waals surface area (Å²) in [6.45, 7) is 1.80. The van der Waals surface area contributed by atoms with Crippen molar-refractivity contribution in [3.05, 3.63) is 17.8 Å². The first-order valence-corrected chi connectivity index (χ1v) is 5.17. The van der Waals surface area contributed by atoms with E-state index in [0.29, 0.717) is 17.1 Å². The summed E-state index contributed by atoms with van der Waals surface area (Å²) in [6, 6.07) is 3.70. The maximum Gasteiger partial charge on any atom is 0.144 e. The molecule has 0 spiro atoms. The zero-order valence-electron chi connectivity index (χ0n) is 9.70. The van der Waals surface area contributed by atoms with Crippen LogP contribution in [0.3, 0.4) is 0 Å². The molecule has 0 bridgehead atoms. The SMILES string of the molecule is CN(C)CCCNc1ncc(N)cc1C#N. The molecule has 1 rings (SSSR count). The zero-order valence-corrected chi connectivity index (χ0v) is 9.70. The number of anilines is 2. The van der Waals surface area contributed by atoms with Crippen molar-refractivity contribution < 1.29 is 0 Å². The largest absolute Gasteiger partial charge is 0.397 e. The molecule has 5 heteroatoms. The van der Waals surface area contributed by atoms with Crippen LogP contribution in [0, 0.1) is 11.3 Å². The number of rotatable bonds is 5. The molecule has 1 heterocycles. The molecule has 5 nitrogen and oxygen atoms in total. The molecule has 0 saturated heterocycles. The number of nitrogen functional groups attached to an aromatic ring is 1. The normalized spacial score (nSPS) is 10.1. The van der Waals surface area contributed by atoms with Gasteiger partial charge < -0.3 is 16.0 Å². The first-order chi connectivity index (χ1) is 7.63. The highest BCUT2D eigenvalue weighted by molar-refractivity contribution is 5.57. The van der Waals surface area contributed by atoms with Gasteiger partial charge in [-0.2, -0.15) is 5.26 Å². The minimum Gasteiger partial charge on any atom is -0.397 e. The summed E-state index contributed by atoms with van der Waals surface area (Å²) in [5, 5.41) is 12.0. The molecule has 86 valence electrons. The Morgan fingerprint density at radius 2 is 2.31 bits per heavy atom. The van der Waals surface area contributed by atoms with E-state index >= 15 is 0 Å². The summed E-state index contributed by atoms with van der Waals surface area (Å²) in [6.07, 6.45) is 2.55. The van der Waals surface area contributed by atoms with Crippen molar-refractivity contribution in [3.8, 4) is 6.07 Å². The van der Waals surface area contributed by atoms with Gasteiger partial charge >= 0.3 is 0 Å². The fourth-order valence-electron chi connectivity index (χ4n) is 1.31. The Bertz CT molecular complexity index is 380. The lowest BCUT2D eigenvalue weighted by Crippen LogP contribution is -2.17. The zero-order chi connectivity index (χ0) is 12.0. The Kier molecular flexibility index (Phi) is 4.55. The van der Waals surface area contributed by atoms with Gasteiger partial charge in [0.25, 0.3) is 0 Å². The second kappa shape index (κ2) is 5.93. The predicted molar refractivity (Wildman–Crippen MR) is 65.0 cm³/mol. The minimum atomic E-state index is 0.491. The molecule has 0 atom stereocenters. The summed E-state index contributed by atoms with van der Waals surface area (Å²) >= 11 is 0. The van der Waals surface area contributed by atoms with Crippen LogP contribution in [0.5, 0.6) is 0 Å². The van der Waals surface area contributed by atoms with Crippen molar-refractivity contribution in [2.75, 3.05) is 38.2 Å². The van der Waals surface area contributed by atoms with Crippen LogP contribution in [0.15, 0.2) is 12.3 Å². The molecule has 1 aromatic rings. The molecule has 0 radical (unpaired) electrons. The summed E-state index contributed by atoms with van der Waals surface area (Å²) in [4.78, 5) is 6.21. The fourth-order valence-corrected chi connectivity index (χ4v) is 1.31. The van der Waals surface area contributed by atoms with Crippen LogP contribution in [-0.2, 0) is 0 Å². The predicted octanol–water partition coefficient (Wildman–Crippen LogP) is 0.899. The number of nitrogens with one attached hydrogen (secondary N) is 1. The third kappa shape index (κ3) is 3.75. The Morgan fingerprint density at radius 3 is 2.94 bits per heavy atom. The third-order valence-electron chi connectivity index (χ3n) is 2.10. The van der Waals surface area contributed by atoms with E-state index in [9.17, 15) is 0 Å². The van der Waals surface area contributed by atoms with E-state index in [0.717, 1.165) is 19.5 Å². The van der Waals surface area contributed by atoms with Crippen LogP contribution in [0.2, 0.25) is 0 Å². The highest BCUT2D eigenvalue weighted by Gasteiger charge is 2.03. The number of nitriles is 1. The number of hydrogen-bond acceptors (Lipinski definition) is 5. The van der Waals surface area contributed by atoms with Gasteiger partial charge in [-0.3, -0.25) is 0 Å². The lowest BCUT2D eigenvalue weighted by atomic mass is 10.2. The summed E-state index contributed by atoms with van der Waals surface area (Å²) < 4.78 is 0. The van der Waals surface area contributed by atoms with E-state index < -0.39 is 0 Å². The fraction of sp³-hybridized carbons (Fsp3) is 0.455. The summed E-state index contributed by atoms with van der Waals surface area (Å²) in [7, 11) is 4.06. The van der Waals surface area contributed by atoms with Gasteiger partial charge in [0, 0.05) is 6.54 Å². The lowest BCUT2D eigenvalue weighted by Gasteiger charge is -2.10. The Hall–Kier alpha value is -1.80. The summed E-state index contributed by atoms with van der Waals surface area (Å²) in [5.41, 5.74) is 6.55. The van der Waals surface area contributed by atoms with Gasteiger partial charge in [-0.15, -0.1) is 0 Å². The number of hydrogen-bond donors (Lipinski definition) is 2. The molecule has 16 heavy (non-hydrogen) atoms. The third-order valence-corrected chi connectivity index (χ3v) is 2.10. The molecule has 1 aromatic heterocycles. The molecular weight excluding hydrogens is 202 g/mol. The van der Waals surface area contributed by atoms with E-state index in [4.69, 9.17) is 11.0 Å². The van der Waals surface area contributed by atoms with Crippen LogP contribution in [-0.4, -0.2) is 37.1 Å². The molecule has 0 amide bonds. The van der Waals surface area contributed by atoms with E-state index in [1.807, 2.05) is 14.1 Å². The van der Waals surface area contributed by atoms with E-state index in [2.05, 4.69) is 21.3 Å². The summed E-state index contributed by atoms with van der Waals surface area (Å²) in [5.74, 6) is 0.607. The molecule has 0 aliphatic rings. The molecule has 3 N–H and O–H groups in total. The maximum absolute atomic E-state index is 8.89. The van der Waals surface area contributed by atoms with Crippen LogP contribution < -0.4 is 11.1 Å². The number of nitrogens with zero attached hydrogens (tertiary/aromatic N) is 3. The van der Waals surface area contributed by atoms with Crippen molar-refractivity contribution in [3.63, 3.8) is 0 Å². The number of aromatic nitrogens is 1. The van der Waals surface area contributed by atoms with Crippen molar-refractivity contribution in [2.24, 2.45) is 0 Å². The molecule has 0 unspecified atom stereocenters. The highest BCUT2D eigenvalue weighted by Crippen LogP contribution is 2.13. The first-order valence-electron chi connectivity index (χ1n) is 5.17. The van der Waals surface area contributed by atoms with Gasteiger partial charge in [0.05, 0.1) is 17.4 Å². The standard InChI is InChI=1S/C11H17N5/c1-16(2)5-3-4-14-11-9(7-12)6-10(13)8-15-11/h6,8H,3-5,13H2,1-2H3,(H,14,15). The quantitative estimate of drug-likeness (QED) is 0.719. The minimum absolute atomic E-state index is 0.491. The maximum atomic E-state index is 8.89. The second-order valence-electron chi connectivity index (χ2n) is 3.86. The smallest absolute Gasteiger partial charge is 0.144 e. The molecule has 0 aliphatic carbocycles. The van der Waals surface area contributed by atoms with Crippen molar-refractivity contribution in [2.45, 2.75) is 6.42 Å². The second-order valence-corrected chi connectivity index (χ2v) is 3.86. The average Bonchev–Trinajstić information content (AvgIpc) is 2.25.